The normalized spacial score (nSPS) is 17.4. The van der Waals surface area contributed by atoms with E-state index < -0.39 is 11.8 Å². The number of halogens is 1. The minimum Gasteiger partial charge on any atom is -0.454 e. The van der Waals surface area contributed by atoms with Crippen LogP contribution in [0.4, 0.5) is 5.69 Å². The fraction of sp³-hybridized carbons (Fsp3) is 0.190. The molecule has 148 valence electrons. The molecule has 0 aliphatic carbocycles. The highest BCUT2D eigenvalue weighted by Crippen LogP contribution is 2.38. The van der Waals surface area contributed by atoms with Gasteiger partial charge in [-0.15, -0.1) is 0 Å². The third-order valence-corrected chi connectivity index (χ3v) is 5.67. The van der Waals surface area contributed by atoms with Crippen LogP contribution in [0.1, 0.15) is 18.9 Å². The van der Waals surface area contributed by atoms with Crippen molar-refractivity contribution in [1.82, 2.24) is 4.90 Å². The largest absolute Gasteiger partial charge is 0.454 e. The average molecular weight is 473 g/mol. The summed E-state index contributed by atoms with van der Waals surface area (Å²) in [7, 11) is 0. The molecule has 0 radical (unpaired) electrons. The minimum absolute atomic E-state index is 0.0375. The van der Waals surface area contributed by atoms with Gasteiger partial charge in [-0.05, 0) is 54.5 Å². The highest BCUT2D eigenvalue weighted by molar-refractivity contribution is 9.10. The Bertz CT molecular complexity index is 1040. The summed E-state index contributed by atoms with van der Waals surface area (Å²) in [4.78, 5) is 29.3. The molecule has 2 aromatic rings. The van der Waals surface area contributed by atoms with E-state index in [0.29, 0.717) is 40.2 Å². The summed E-state index contributed by atoms with van der Waals surface area (Å²) in [6, 6.07) is 12.6. The van der Waals surface area contributed by atoms with E-state index in [9.17, 15) is 9.59 Å². The van der Waals surface area contributed by atoms with E-state index in [2.05, 4.69) is 15.9 Å². The highest BCUT2D eigenvalue weighted by atomic mass is 79.9. The van der Waals surface area contributed by atoms with Crippen LogP contribution >= 0.6 is 28.1 Å². The Kier molecular flexibility index (Phi) is 5.38. The zero-order valence-electron chi connectivity index (χ0n) is 15.6. The van der Waals surface area contributed by atoms with Crippen molar-refractivity contribution in [2.75, 3.05) is 18.2 Å². The van der Waals surface area contributed by atoms with Gasteiger partial charge in [-0.3, -0.25) is 19.4 Å². The van der Waals surface area contributed by atoms with E-state index in [1.54, 1.807) is 30.3 Å². The Balaban J connectivity index is 1.81. The van der Waals surface area contributed by atoms with E-state index in [4.69, 9.17) is 21.7 Å². The van der Waals surface area contributed by atoms with E-state index in [-0.39, 0.29) is 17.5 Å². The summed E-state index contributed by atoms with van der Waals surface area (Å²) < 4.78 is 11.5. The maximum absolute atomic E-state index is 13.3. The van der Waals surface area contributed by atoms with Gasteiger partial charge >= 0.3 is 0 Å². The Morgan fingerprint density at radius 1 is 1.10 bits per heavy atom. The lowest BCUT2D eigenvalue weighted by Gasteiger charge is -2.36. The first-order valence-corrected chi connectivity index (χ1v) is 10.3. The summed E-state index contributed by atoms with van der Waals surface area (Å²) in [5.41, 5.74) is 1.30. The van der Waals surface area contributed by atoms with Gasteiger partial charge in [0.2, 0.25) is 6.79 Å². The first-order valence-electron chi connectivity index (χ1n) is 9.07. The van der Waals surface area contributed by atoms with Crippen LogP contribution in [0.15, 0.2) is 52.5 Å². The molecule has 2 heterocycles. The zero-order valence-corrected chi connectivity index (χ0v) is 18.0. The monoisotopic (exact) mass is 472 g/mol. The molecule has 2 amide bonds. The number of para-hydroxylation sites is 1. The van der Waals surface area contributed by atoms with E-state index >= 15 is 0 Å². The molecule has 8 heteroatoms. The van der Waals surface area contributed by atoms with Crippen molar-refractivity contribution in [2.45, 2.75) is 13.3 Å². The first-order chi connectivity index (χ1) is 14.0. The van der Waals surface area contributed by atoms with Gasteiger partial charge in [-0.1, -0.05) is 41.1 Å². The number of rotatable bonds is 4. The lowest BCUT2D eigenvalue weighted by Crippen LogP contribution is -2.56. The van der Waals surface area contributed by atoms with Crippen LogP contribution in [0.2, 0.25) is 0 Å². The number of benzene rings is 2. The summed E-state index contributed by atoms with van der Waals surface area (Å²) in [5, 5.41) is 0.190. The molecular formula is C21H17BrN2O4S. The average Bonchev–Trinajstić information content (AvgIpc) is 3.16. The van der Waals surface area contributed by atoms with Gasteiger partial charge in [0.1, 0.15) is 5.57 Å². The molecule has 2 aliphatic heterocycles. The molecule has 0 aromatic heterocycles. The maximum Gasteiger partial charge on any atom is 0.270 e. The van der Waals surface area contributed by atoms with Gasteiger partial charge in [0.05, 0.1) is 5.69 Å². The van der Waals surface area contributed by atoms with Crippen LogP contribution in [-0.4, -0.2) is 35.2 Å². The molecule has 0 bridgehead atoms. The van der Waals surface area contributed by atoms with Crippen molar-refractivity contribution in [2.24, 2.45) is 0 Å². The number of fused-ring (bicyclic) bond motifs is 1. The Labute approximate surface area is 181 Å². The van der Waals surface area contributed by atoms with Gasteiger partial charge in [-0.2, -0.15) is 0 Å². The Hall–Kier alpha value is -2.71. The topological polar surface area (TPSA) is 59.1 Å². The minimum atomic E-state index is -0.455. The van der Waals surface area contributed by atoms with Crippen molar-refractivity contribution < 1.29 is 19.1 Å². The van der Waals surface area contributed by atoms with E-state index in [1.165, 1.54) is 9.80 Å². The summed E-state index contributed by atoms with van der Waals surface area (Å²) in [6.07, 6.45) is 2.28. The molecule has 6 nitrogen and oxygen atoms in total. The summed E-state index contributed by atoms with van der Waals surface area (Å²) >= 11 is 8.97. The molecule has 2 aromatic carbocycles. The number of carbonyl (C=O) groups is 2. The van der Waals surface area contributed by atoms with Crippen LogP contribution in [0.25, 0.3) is 6.08 Å². The second-order valence-corrected chi connectivity index (χ2v) is 7.72. The molecule has 0 saturated carbocycles. The third-order valence-electron chi connectivity index (χ3n) is 4.58. The number of nitrogens with zero attached hydrogens (tertiary/aromatic N) is 2. The number of amides is 2. The lowest BCUT2D eigenvalue weighted by molar-refractivity contribution is -0.127. The van der Waals surface area contributed by atoms with Crippen molar-refractivity contribution >= 4 is 56.8 Å². The molecule has 0 unspecified atom stereocenters. The molecule has 0 spiro atoms. The van der Waals surface area contributed by atoms with Crippen LogP contribution in [0, 0.1) is 0 Å². The van der Waals surface area contributed by atoms with Crippen LogP contribution < -0.4 is 14.4 Å². The van der Waals surface area contributed by atoms with Crippen molar-refractivity contribution in [3.05, 3.63) is 58.1 Å². The number of ether oxygens (including phenoxy) is 2. The summed E-state index contributed by atoms with van der Waals surface area (Å²) in [6.45, 7) is 2.52. The predicted molar refractivity (Wildman–Crippen MR) is 117 cm³/mol. The second kappa shape index (κ2) is 7.96. The number of thiocarbonyl (C=S) groups is 1. The summed E-state index contributed by atoms with van der Waals surface area (Å²) in [5.74, 6) is 0.318. The fourth-order valence-electron chi connectivity index (χ4n) is 3.20. The van der Waals surface area contributed by atoms with Crippen molar-refractivity contribution in [3.8, 4) is 11.5 Å². The fourth-order valence-corrected chi connectivity index (χ4v) is 4.00. The van der Waals surface area contributed by atoms with Crippen LogP contribution in [0.5, 0.6) is 11.5 Å². The predicted octanol–water partition coefficient (Wildman–Crippen LogP) is 4.13. The van der Waals surface area contributed by atoms with Gasteiger partial charge < -0.3 is 9.47 Å². The quantitative estimate of drug-likeness (QED) is 0.380. The number of hydrogen-bond acceptors (Lipinski definition) is 5. The van der Waals surface area contributed by atoms with Crippen LogP contribution in [-0.2, 0) is 9.59 Å². The molecule has 2 aliphatic rings. The molecule has 0 atom stereocenters. The van der Waals surface area contributed by atoms with Gasteiger partial charge in [-0.25, -0.2) is 0 Å². The molecule has 1 saturated heterocycles. The molecule has 29 heavy (non-hydrogen) atoms. The van der Waals surface area contributed by atoms with Gasteiger partial charge in [0.15, 0.2) is 16.6 Å². The Morgan fingerprint density at radius 2 is 1.79 bits per heavy atom. The highest BCUT2D eigenvalue weighted by Gasteiger charge is 2.40. The maximum atomic E-state index is 13.3. The lowest BCUT2D eigenvalue weighted by atomic mass is 10.0. The van der Waals surface area contributed by atoms with Crippen LogP contribution in [0.3, 0.4) is 0 Å². The number of anilines is 1. The van der Waals surface area contributed by atoms with E-state index in [1.807, 2.05) is 25.1 Å². The first kappa shape index (κ1) is 19.6. The second-order valence-electron chi connectivity index (χ2n) is 6.50. The molecule has 0 N–H and O–H groups in total. The molecule has 4 rings (SSSR count). The standard InChI is InChI=1S/C21H17BrN2O4S/c1-2-8-23-19(25)15(9-13-10-17-18(11-16(13)22)28-12-27-17)20(26)24(21(23)29)14-6-4-3-5-7-14/h3-7,9-11H,2,8,12H2,1H3. The van der Waals surface area contributed by atoms with E-state index in [0.717, 1.165) is 0 Å². The third kappa shape index (κ3) is 3.54. The van der Waals surface area contributed by atoms with Gasteiger partial charge in [0, 0.05) is 11.0 Å². The number of carbonyl (C=O) groups excluding carboxylic acids is 2. The molecular weight excluding hydrogens is 456 g/mol. The van der Waals surface area contributed by atoms with Crippen molar-refractivity contribution in [1.29, 1.82) is 0 Å². The Morgan fingerprint density at radius 3 is 2.48 bits per heavy atom. The smallest absolute Gasteiger partial charge is 0.270 e. The zero-order chi connectivity index (χ0) is 20.5. The van der Waals surface area contributed by atoms with Crippen molar-refractivity contribution in [3.63, 3.8) is 0 Å². The van der Waals surface area contributed by atoms with Gasteiger partial charge in [0.25, 0.3) is 11.8 Å². The molecule has 1 fully saturated rings. The SMILES string of the molecule is CCCN1C(=O)C(=Cc2cc3c(cc2Br)OCO3)C(=O)N(c2ccccc2)C1=S. The number of hydrogen-bond donors (Lipinski definition) is 0.